The molecule has 166 valence electrons. The van der Waals surface area contributed by atoms with Gasteiger partial charge in [-0.1, -0.05) is 25.0 Å². The van der Waals surface area contributed by atoms with E-state index in [0.29, 0.717) is 17.1 Å². The number of hydrogen-bond donors (Lipinski definition) is 1. The lowest BCUT2D eigenvalue weighted by molar-refractivity contribution is -0.141. The Hall–Kier alpha value is -3.48. The highest BCUT2D eigenvalue weighted by Crippen LogP contribution is 2.44. The zero-order valence-corrected chi connectivity index (χ0v) is 18.2. The molecule has 2 heterocycles. The monoisotopic (exact) mass is 434 g/mol. The van der Waals surface area contributed by atoms with Gasteiger partial charge in [-0.3, -0.25) is 9.59 Å². The van der Waals surface area contributed by atoms with Crippen LogP contribution in [0.2, 0.25) is 0 Å². The van der Waals surface area contributed by atoms with Gasteiger partial charge in [-0.15, -0.1) is 0 Å². The largest absolute Gasteiger partial charge is 0.507 e. The Labute approximate surface area is 186 Å². The third-order valence-corrected chi connectivity index (χ3v) is 6.57. The Morgan fingerprint density at radius 2 is 1.69 bits per heavy atom. The van der Waals surface area contributed by atoms with Crippen LogP contribution in [-0.2, 0) is 9.59 Å². The van der Waals surface area contributed by atoms with Crippen LogP contribution in [0.3, 0.4) is 0 Å². The van der Waals surface area contributed by atoms with Gasteiger partial charge in [-0.2, -0.15) is 0 Å². The first-order valence-corrected chi connectivity index (χ1v) is 10.9. The SMILES string of the molecule is CN(C)c1ccc(C2/C(=C(/O)c3ccc4c(c3)OCO4)C(=O)C(=O)N2C2CCCC2)cc1. The summed E-state index contributed by atoms with van der Waals surface area (Å²) in [5.41, 5.74) is 2.37. The van der Waals surface area contributed by atoms with Crippen LogP contribution >= 0.6 is 0 Å². The fourth-order valence-electron chi connectivity index (χ4n) is 4.89. The molecule has 2 fully saturated rings. The molecule has 1 atom stereocenters. The van der Waals surface area contributed by atoms with Gasteiger partial charge < -0.3 is 24.4 Å². The average Bonchev–Trinajstić information content (AvgIpc) is 3.53. The molecule has 0 spiro atoms. The first kappa shape index (κ1) is 20.4. The summed E-state index contributed by atoms with van der Waals surface area (Å²) in [4.78, 5) is 30.1. The van der Waals surface area contributed by atoms with Gasteiger partial charge in [0.1, 0.15) is 5.76 Å². The number of anilines is 1. The van der Waals surface area contributed by atoms with Crippen molar-refractivity contribution in [1.29, 1.82) is 0 Å². The molecule has 2 aromatic carbocycles. The topological polar surface area (TPSA) is 79.3 Å². The number of hydrogen-bond acceptors (Lipinski definition) is 6. The molecular formula is C25H26N2O5. The molecule has 2 aromatic rings. The molecular weight excluding hydrogens is 408 g/mol. The van der Waals surface area contributed by atoms with E-state index in [1.165, 1.54) is 0 Å². The highest BCUT2D eigenvalue weighted by atomic mass is 16.7. The predicted octanol–water partition coefficient (Wildman–Crippen LogP) is 3.85. The molecule has 5 rings (SSSR count). The van der Waals surface area contributed by atoms with Crippen molar-refractivity contribution in [2.45, 2.75) is 37.8 Å². The molecule has 3 aliphatic rings. The maximum Gasteiger partial charge on any atom is 0.295 e. The smallest absolute Gasteiger partial charge is 0.295 e. The van der Waals surface area contributed by atoms with E-state index < -0.39 is 17.7 Å². The highest BCUT2D eigenvalue weighted by molar-refractivity contribution is 6.46. The van der Waals surface area contributed by atoms with Crippen LogP contribution in [-0.4, -0.2) is 48.6 Å². The molecule has 1 amide bonds. The molecule has 32 heavy (non-hydrogen) atoms. The van der Waals surface area contributed by atoms with Crippen LogP contribution in [0.25, 0.3) is 5.76 Å². The standard InChI is InChI=1S/C25H26N2O5/c1-26(2)17-10-7-15(8-11-17)22-21(24(29)25(30)27(22)18-5-3-4-6-18)23(28)16-9-12-19-20(13-16)32-14-31-19/h7-13,18,22,28H,3-6,14H2,1-2H3/b23-21-. The quantitative estimate of drug-likeness (QED) is 0.447. The number of carbonyl (C=O) groups is 2. The lowest BCUT2D eigenvalue weighted by Crippen LogP contribution is -2.37. The van der Waals surface area contributed by atoms with Crippen molar-refractivity contribution in [3.05, 3.63) is 59.2 Å². The number of amides is 1. The Morgan fingerprint density at radius 3 is 2.38 bits per heavy atom. The second-order valence-electron chi connectivity index (χ2n) is 8.70. The number of nitrogens with zero attached hydrogens (tertiary/aromatic N) is 2. The molecule has 7 nitrogen and oxygen atoms in total. The predicted molar refractivity (Wildman–Crippen MR) is 120 cm³/mol. The van der Waals surface area contributed by atoms with Crippen LogP contribution in [0.1, 0.15) is 42.9 Å². The van der Waals surface area contributed by atoms with Crippen LogP contribution in [0, 0.1) is 0 Å². The molecule has 0 aromatic heterocycles. The molecule has 1 aliphatic carbocycles. The van der Waals surface area contributed by atoms with E-state index in [1.807, 2.05) is 43.3 Å². The molecule has 1 saturated heterocycles. The summed E-state index contributed by atoms with van der Waals surface area (Å²) in [6.07, 6.45) is 3.79. The number of Topliss-reactive ketones (excluding diaryl/α,β-unsaturated/α-hetero) is 1. The van der Waals surface area contributed by atoms with Gasteiger partial charge in [0.2, 0.25) is 6.79 Å². The van der Waals surface area contributed by atoms with Gasteiger partial charge in [0.05, 0.1) is 11.6 Å². The molecule has 1 N–H and O–H groups in total. The van der Waals surface area contributed by atoms with Gasteiger partial charge in [-0.25, -0.2) is 0 Å². The van der Waals surface area contributed by atoms with Crippen LogP contribution in [0.5, 0.6) is 11.5 Å². The van der Waals surface area contributed by atoms with E-state index in [9.17, 15) is 14.7 Å². The fourth-order valence-corrected chi connectivity index (χ4v) is 4.89. The third kappa shape index (κ3) is 3.28. The highest BCUT2D eigenvalue weighted by Gasteiger charge is 2.49. The Bertz CT molecular complexity index is 1100. The summed E-state index contributed by atoms with van der Waals surface area (Å²) in [5, 5.41) is 11.3. The number of benzene rings is 2. The third-order valence-electron chi connectivity index (χ3n) is 6.57. The Morgan fingerprint density at radius 1 is 1.00 bits per heavy atom. The summed E-state index contributed by atoms with van der Waals surface area (Å²) in [5.74, 6) is -0.284. The number of ether oxygens (including phenoxy) is 2. The fraction of sp³-hybridized carbons (Fsp3) is 0.360. The first-order chi connectivity index (χ1) is 15.5. The number of aliphatic hydroxyl groups is 1. The second kappa shape index (κ2) is 7.89. The van der Waals surface area contributed by atoms with Crippen molar-refractivity contribution >= 4 is 23.1 Å². The number of carbonyl (C=O) groups excluding carboxylic acids is 2. The van der Waals surface area contributed by atoms with E-state index in [0.717, 1.165) is 36.9 Å². The van der Waals surface area contributed by atoms with Crippen molar-refractivity contribution in [3.8, 4) is 11.5 Å². The summed E-state index contributed by atoms with van der Waals surface area (Å²) in [6.45, 7) is 0.115. The molecule has 0 bridgehead atoms. The summed E-state index contributed by atoms with van der Waals surface area (Å²) >= 11 is 0. The minimum atomic E-state index is -0.645. The minimum Gasteiger partial charge on any atom is -0.507 e. The summed E-state index contributed by atoms with van der Waals surface area (Å²) < 4.78 is 10.8. The minimum absolute atomic E-state index is 0.00738. The van der Waals surface area contributed by atoms with Gasteiger partial charge in [0.25, 0.3) is 11.7 Å². The van der Waals surface area contributed by atoms with Crippen molar-refractivity contribution in [2.75, 3.05) is 25.8 Å². The summed E-state index contributed by atoms with van der Waals surface area (Å²) in [6, 6.07) is 12.2. The van der Waals surface area contributed by atoms with E-state index in [2.05, 4.69) is 0 Å². The first-order valence-electron chi connectivity index (χ1n) is 10.9. The molecule has 7 heteroatoms. The average molecular weight is 434 g/mol. The second-order valence-corrected chi connectivity index (χ2v) is 8.70. The lowest BCUT2D eigenvalue weighted by Gasteiger charge is -2.31. The van der Waals surface area contributed by atoms with E-state index >= 15 is 0 Å². The number of rotatable bonds is 4. The number of likely N-dealkylation sites (tertiary alicyclic amines) is 1. The number of fused-ring (bicyclic) bond motifs is 1. The van der Waals surface area contributed by atoms with Gasteiger partial charge in [0.15, 0.2) is 11.5 Å². The van der Waals surface area contributed by atoms with E-state index in [4.69, 9.17) is 9.47 Å². The number of aliphatic hydroxyl groups excluding tert-OH is 1. The van der Waals surface area contributed by atoms with Gasteiger partial charge >= 0.3 is 0 Å². The van der Waals surface area contributed by atoms with Gasteiger partial charge in [-0.05, 0) is 48.7 Å². The van der Waals surface area contributed by atoms with E-state index in [-0.39, 0.29) is 24.2 Å². The normalized spacial score (nSPS) is 22.1. The molecule has 2 aliphatic heterocycles. The van der Waals surface area contributed by atoms with Crippen molar-refractivity contribution in [1.82, 2.24) is 4.90 Å². The zero-order chi connectivity index (χ0) is 22.4. The summed E-state index contributed by atoms with van der Waals surface area (Å²) in [7, 11) is 3.92. The maximum absolute atomic E-state index is 13.2. The molecule has 1 unspecified atom stereocenters. The van der Waals surface area contributed by atoms with Crippen molar-refractivity contribution < 1.29 is 24.2 Å². The van der Waals surface area contributed by atoms with Gasteiger partial charge in [0, 0.05) is 31.4 Å². The van der Waals surface area contributed by atoms with Crippen LogP contribution in [0.15, 0.2) is 48.0 Å². The Balaban J connectivity index is 1.64. The molecule has 1 saturated carbocycles. The zero-order valence-electron chi connectivity index (χ0n) is 18.2. The maximum atomic E-state index is 13.2. The van der Waals surface area contributed by atoms with Crippen molar-refractivity contribution in [2.24, 2.45) is 0 Å². The van der Waals surface area contributed by atoms with Crippen LogP contribution in [0.4, 0.5) is 5.69 Å². The van der Waals surface area contributed by atoms with Crippen molar-refractivity contribution in [3.63, 3.8) is 0 Å². The van der Waals surface area contributed by atoms with E-state index in [1.54, 1.807) is 23.1 Å². The van der Waals surface area contributed by atoms with Crippen LogP contribution < -0.4 is 14.4 Å². The molecule has 0 radical (unpaired) electrons. The number of ketones is 1. The Kier molecular flexibility index (Phi) is 5.04. The lowest BCUT2D eigenvalue weighted by atomic mass is 9.94.